The Morgan fingerprint density at radius 1 is 1.27 bits per heavy atom. The molecule has 0 unspecified atom stereocenters. The van der Waals surface area contributed by atoms with Crippen LogP contribution in [0.5, 0.6) is 5.75 Å². The van der Waals surface area contributed by atoms with Crippen LogP contribution in [-0.2, 0) is 18.6 Å². The van der Waals surface area contributed by atoms with Crippen molar-refractivity contribution in [3.05, 3.63) is 40.6 Å². The lowest BCUT2D eigenvalue weighted by Crippen LogP contribution is -2.09. The van der Waals surface area contributed by atoms with Gasteiger partial charge in [-0.2, -0.15) is 4.98 Å². The molecule has 1 aliphatic carbocycles. The van der Waals surface area contributed by atoms with Gasteiger partial charge in [0.1, 0.15) is 16.4 Å². The van der Waals surface area contributed by atoms with Gasteiger partial charge in [-0.1, -0.05) is 36.0 Å². The molecular formula is C21H21N5O2S2. The summed E-state index contributed by atoms with van der Waals surface area (Å²) in [5, 5.41) is 5.76. The predicted octanol–water partition coefficient (Wildman–Crippen LogP) is 4.75. The van der Waals surface area contributed by atoms with Gasteiger partial charge < -0.3 is 15.0 Å². The number of benzene rings is 1. The van der Waals surface area contributed by atoms with Crippen molar-refractivity contribution in [1.29, 1.82) is 0 Å². The van der Waals surface area contributed by atoms with Crippen LogP contribution in [0.1, 0.15) is 29.7 Å². The Bertz CT molecular complexity index is 1220. The Morgan fingerprint density at radius 2 is 2.13 bits per heavy atom. The Morgan fingerprint density at radius 3 is 3.00 bits per heavy atom. The molecule has 30 heavy (non-hydrogen) atoms. The molecule has 1 atom stereocenters. The van der Waals surface area contributed by atoms with Crippen LogP contribution in [0.4, 0.5) is 5.82 Å². The molecule has 4 aromatic rings. The number of methoxy groups -OCH3 is 1. The fourth-order valence-corrected chi connectivity index (χ4v) is 5.93. The Balaban J connectivity index is 1.36. The van der Waals surface area contributed by atoms with Gasteiger partial charge in [0.2, 0.25) is 11.7 Å². The average molecular weight is 440 g/mol. The first-order valence-corrected chi connectivity index (χ1v) is 11.6. The van der Waals surface area contributed by atoms with Crippen LogP contribution in [0.2, 0.25) is 0 Å². The van der Waals surface area contributed by atoms with Crippen LogP contribution < -0.4 is 10.5 Å². The van der Waals surface area contributed by atoms with E-state index in [2.05, 4.69) is 22.0 Å². The summed E-state index contributed by atoms with van der Waals surface area (Å²) in [7, 11) is 1.62. The fourth-order valence-electron chi connectivity index (χ4n) is 3.79. The molecular weight excluding hydrogens is 418 g/mol. The van der Waals surface area contributed by atoms with Gasteiger partial charge in [-0.15, -0.1) is 11.3 Å². The molecule has 0 spiro atoms. The minimum Gasteiger partial charge on any atom is -0.496 e. The average Bonchev–Trinajstić information content (AvgIpc) is 3.36. The molecule has 0 amide bonds. The van der Waals surface area contributed by atoms with E-state index in [1.54, 1.807) is 18.4 Å². The molecule has 0 fully saturated rings. The molecule has 3 heterocycles. The summed E-state index contributed by atoms with van der Waals surface area (Å²) < 4.78 is 10.8. The first kappa shape index (κ1) is 19.3. The molecule has 1 aromatic carbocycles. The second-order valence-corrected chi connectivity index (χ2v) is 9.45. The van der Waals surface area contributed by atoms with E-state index in [1.807, 2.05) is 24.3 Å². The lowest BCUT2D eigenvalue weighted by molar-refractivity contribution is 0.390. The third-order valence-corrected chi connectivity index (χ3v) is 7.28. The maximum atomic E-state index is 6.32. The molecule has 1 aliphatic rings. The fraction of sp³-hybridized carbons (Fsp3) is 0.333. The van der Waals surface area contributed by atoms with Crippen LogP contribution in [0, 0.1) is 5.92 Å². The number of nitrogens with zero attached hydrogens (tertiary/aromatic N) is 4. The number of anilines is 1. The van der Waals surface area contributed by atoms with E-state index in [0.717, 1.165) is 28.6 Å². The van der Waals surface area contributed by atoms with Crippen molar-refractivity contribution in [3.8, 4) is 17.1 Å². The first-order valence-electron chi connectivity index (χ1n) is 9.79. The molecule has 0 bridgehead atoms. The van der Waals surface area contributed by atoms with E-state index >= 15 is 0 Å². The molecule has 5 rings (SSSR count). The summed E-state index contributed by atoms with van der Waals surface area (Å²) in [6, 6.07) is 7.58. The SMILES string of the molecule is COc1ccccc1-c1noc(CSc2nc(N)c3c4c(sc3n2)C[C@H](C)CC4)n1. The summed E-state index contributed by atoms with van der Waals surface area (Å²) in [5.41, 5.74) is 8.46. The smallest absolute Gasteiger partial charge is 0.237 e. The van der Waals surface area contributed by atoms with Crippen LogP contribution >= 0.6 is 23.1 Å². The molecule has 0 saturated carbocycles. The van der Waals surface area contributed by atoms with Gasteiger partial charge >= 0.3 is 0 Å². The Labute approximate surface area is 182 Å². The molecule has 154 valence electrons. The number of aromatic nitrogens is 4. The lowest BCUT2D eigenvalue weighted by atomic mass is 9.89. The maximum Gasteiger partial charge on any atom is 0.237 e. The maximum absolute atomic E-state index is 6.32. The van der Waals surface area contributed by atoms with Crippen molar-refractivity contribution in [3.63, 3.8) is 0 Å². The van der Waals surface area contributed by atoms with Gasteiger partial charge in [-0.05, 0) is 42.9 Å². The second-order valence-electron chi connectivity index (χ2n) is 7.42. The number of hydrogen-bond donors (Lipinski definition) is 1. The number of fused-ring (bicyclic) bond motifs is 3. The van der Waals surface area contributed by atoms with Crippen molar-refractivity contribution in [1.82, 2.24) is 20.1 Å². The van der Waals surface area contributed by atoms with Crippen LogP contribution in [0.25, 0.3) is 21.6 Å². The summed E-state index contributed by atoms with van der Waals surface area (Å²) in [4.78, 5) is 16.2. The highest BCUT2D eigenvalue weighted by Gasteiger charge is 2.23. The number of rotatable bonds is 5. The molecule has 2 N–H and O–H groups in total. The third-order valence-electron chi connectivity index (χ3n) is 5.30. The van der Waals surface area contributed by atoms with E-state index in [1.165, 1.54) is 28.6 Å². The highest BCUT2D eigenvalue weighted by atomic mass is 32.2. The van der Waals surface area contributed by atoms with Gasteiger partial charge in [0.05, 0.1) is 23.8 Å². The molecule has 7 nitrogen and oxygen atoms in total. The second kappa shape index (κ2) is 7.88. The monoisotopic (exact) mass is 439 g/mol. The van der Waals surface area contributed by atoms with Crippen molar-refractivity contribution in [2.75, 3.05) is 12.8 Å². The number of para-hydroxylation sites is 1. The van der Waals surface area contributed by atoms with Gasteiger partial charge in [-0.3, -0.25) is 0 Å². The van der Waals surface area contributed by atoms with Gasteiger partial charge in [0, 0.05) is 4.88 Å². The largest absolute Gasteiger partial charge is 0.496 e. The lowest BCUT2D eigenvalue weighted by Gasteiger charge is -2.17. The van der Waals surface area contributed by atoms with Gasteiger partial charge in [0.15, 0.2) is 5.16 Å². The number of thioether (sulfide) groups is 1. The number of ether oxygens (including phenoxy) is 1. The highest BCUT2D eigenvalue weighted by Crippen LogP contribution is 2.40. The van der Waals surface area contributed by atoms with Crippen molar-refractivity contribution in [2.24, 2.45) is 5.92 Å². The molecule has 3 aromatic heterocycles. The van der Waals surface area contributed by atoms with Gasteiger partial charge in [-0.25, -0.2) is 9.97 Å². The highest BCUT2D eigenvalue weighted by molar-refractivity contribution is 7.98. The first-order chi connectivity index (χ1) is 14.6. The Kier molecular flexibility index (Phi) is 5.08. The minimum atomic E-state index is 0.467. The number of thiophene rings is 1. The quantitative estimate of drug-likeness (QED) is 0.351. The van der Waals surface area contributed by atoms with Gasteiger partial charge in [0.25, 0.3) is 0 Å². The van der Waals surface area contributed by atoms with Crippen molar-refractivity contribution < 1.29 is 9.26 Å². The standard InChI is InChI=1S/C21H21N5O2S2/c1-11-7-8-13-15(9-11)30-20-17(13)18(22)24-21(25-20)29-10-16-23-19(26-28-16)12-5-3-4-6-14(12)27-2/h3-6,11H,7-10H2,1-2H3,(H2,22,24,25)/t11-/m1/s1. The van der Waals surface area contributed by atoms with E-state index in [4.69, 9.17) is 20.0 Å². The van der Waals surface area contributed by atoms with E-state index in [0.29, 0.717) is 40.1 Å². The predicted molar refractivity (Wildman–Crippen MR) is 119 cm³/mol. The topological polar surface area (TPSA) is 100.0 Å². The van der Waals surface area contributed by atoms with Crippen molar-refractivity contribution in [2.45, 2.75) is 37.1 Å². The number of hydrogen-bond acceptors (Lipinski definition) is 9. The molecule has 9 heteroatoms. The zero-order valence-electron chi connectivity index (χ0n) is 16.7. The summed E-state index contributed by atoms with van der Waals surface area (Å²) >= 11 is 3.19. The van der Waals surface area contributed by atoms with E-state index in [-0.39, 0.29) is 0 Å². The van der Waals surface area contributed by atoms with Crippen LogP contribution in [0.15, 0.2) is 33.9 Å². The zero-order chi connectivity index (χ0) is 20.7. The normalized spacial score (nSPS) is 16.0. The Hall–Kier alpha value is -2.65. The number of aryl methyl sites for hydroxylation is 1. The summed E-state index contributed by atoms with van der Waals surface area (Å²) in [5.74, 6) is 3.45. The molecule has 0 aliphatic heterocycles. The minimum absolute atomic E-state index is 0.467. The van der Waals surface area contributed by atoms with E-state index < -0.39 is 0 Å². The van der Waals surface area contributed by atoms with Crippen molar-refractivity contribution >= 4 is 39.1 Å². The summed E-state index contributed by atoms with van der Waals surface area (Å²) in [6.07, 6.45) is 3.36. The van der Waals surface area contributed by atoms with Crippen LogP contribution in [0.3, 0.4) is 0 Å². The molecule has 0 saturated heterocycles. The summed E-state index contributed by atoms with van der Waals surface area (Å²) in [6.45, 7) is 2.30. The van der Waals surface area contributed by atoms with Crippen LogP contribution in [-0.4, -0.2) is 27.2 Å². The molecule has 0 radical (unpaired) electrons. The third kappa shape index (κ3) is 3.52. The number of nitrogens with two attached hydrogens (primary N) is 1. The zero-order valence-corrected chi connectivity index (χ0v) is 18.3. The number of nitrogen functional groups attached to an aromatic ring is 1. The van der Waals surface area contributed by atoms with E-state index in [9.17, 15) is 0 Å².